The zero-order chi connectivity index (χ0) is 8.81. The average Bonchev–Trinajstić information content (AvgIpc) is 2.15. The highest BCUT2D eigenvalue weighted by Crippen LogP contribution is 1.97. The van der Waals surface area contributed by atoms with E-state index in [4.69, 9.17) is 5.26 Å². The number of hydrogen-bond donors (Lipinski definition) is 0. The Bertz CT molecular complexity index is 263. The third-order valence-corrected chi connectivity index (χ3v) is 4.59. The van der Waals surface area contributed by atoms with Crippen LogP contribution in [0.4, 0.5) is 0 Å². The Labute approximate surface area is 75.3 Å². The van der Waals surface area contributed by atoms with Crippen LogP contribution < -0.4 is 5.19 Å². The molecule has 0 bridgehead atoms. The first kappa shape index (κ1) is 9.02. The highest BCUT2D eigenvalue weighted by atomic mass is 28.3. The fourth-order valence-corrected chi connectivity index (χ4v) is 3.16. The molecule has 2 heteroatoms. The van der Waals surface area contributed by atoms with Gasteiger partial charge in [-0.1, -0.05) is 43.7 Å². The second kappa shape index (κ2) is 4.73. The molecular formula is C10H13NSi. The lowest BCUT2D eigenvalue weighted by atomic mass is 10.4. The molecule has 1 nitrogen and oxygen atoms in total. The Kier molecular flexibility index (Phi) is 3.56. The van der Waals surface area contributed by atoms with Crippen molar-refractivity contribution in [3.05, 3.63) is 30.3 Å². The molecule has 1 atom stereocenters. The van der Waals surface area contributed by atoms with E-state index < -0.39 is 8.80 Å². The van der Waals surface area contributed by atoms with Crippen LogP contribution in [0.1, 0.15) is 13.3 Å². The standard InChI is InChI=1S/C10H13NSi/c1-2-8-12(9-11)10-6-4-3-5-7-10/h3-7,12H,2,8H2,1H3. The van der Waals surface area contributed by atoms with Crippen molar-refractivity contribution in [2.24, 2.45) is 0 Å². The zero-order valence-corrected chi connectivity index (χ0v) is 8.48. The molecular weight excluding hydrogens is 162 g/mol. The molecule has 0 amide bonds. The van der Waals surface area contributed by atoms with Crippen molar-refractivity contribution in [1.82, 2.24) is 0 Å². The van der Waals surface area contributed by atoms with Crippen LogP contribution in [-0.4, -0.2) is 8.80 Å². The molecule has 0 spiro atoms. The van der Waals surface area contributed by atoms with Gasteiger partial charge in [-0.15, -0.1) is 0 Å². The van der Waals surface area contributed by atoms with E-state index in [0.717, 1.165) is 12.5 Å². The summed E-state index contributed by atoms with van der Waals surface area (Å²) in [5.74, 6) is 0. The Hall–Kier alpha value is -1.07. The quantitative estimate of drug-likeness (QED) is 0.640. The molecule has 1 aromatic rings. The van der Waals surface area contributed by atoms with E-state index in [-0.39, 0.29) is 0 Å². The van der Waals surface area contributed by atoms with Gasteiger partial charge in [0.25, 0.3) is 0 Å². The molecule has 0 aliphatic heterocycles. The molecule has 0 N–H and O–H groups in total. The predicted molar refractivity (Wildman–Crippen MR) is 53.9 cm³/mol. The first-order chi connectivity index (χ1) is 5.88. The maximum Gasteiger partial charge on any atom is 0.188 e. The van der Waals surface area contributed by atoms with Crippen LogP contribution in [0, 0.1) is 11.0 Å². The molecule has 0 aromatic heterocycles. The van der Waals surface area contributed by atoms with Gasteiger partial charge in [-0.3, -0.25) is 0 Å². The summed E-state index contributed by atoms with van der Waals surface area (Å²) in [4.78, 5) is 0. The largest absolute Gasteiger partial charge is 0.207 e. The second-order valence-electron chi connectivity index (χ2n) is 2.88. The van der Waals surface area contributed by atoms with Crippen molar-refractivity contribution in [3.63, 3.8) is 0 Å². The number of nitriles is 1. The minimum Gasteiger partial charge on any atom is -0.207 e. The fourth-order valence-electron chi connectivity index (χ4n) is 1.28. The van der Waals surface area contributed by atoms with E-state index in [0.29, 0.717) is 0 Å². The summed E-state index contributed by atoms with van der Waals surface area (Å²) in [6.45, 7) is 2.14. The normalized spacial score (nSPS) is 12.0. The minimum atomic E-state index is -1.27. The highest BCUT2D eigenvalue weighted by molar-refractivity contribution is 6.79. The van der Waals surface area contributed by atoms with Crippen LogP contribution >= 0.6 is 0 Å². The molecule has 1 unspecified atom stereocenters. The Morgan fingerprint density at radius 2 is 2.00 bits per heavy atom. The van der Waals surface area contributed by atoms with Crippen LogP contribution in [0.25, 0.3) is 0 Å². The molecule has 0 heterocycles. The van der Waals surface area contributed by atoms with E-state index in [9.17, 15) is 0 Å². The van der Waals surface area contributed by atoms with Gasteiger partial charge in [0.05, 0.1) is 0 Å². The first-order valence-corrected chi connectivity index (χ1v) is 6.30. The summed E-state index contributed by atoms with van der Waals surface area (Å²) >= 11 is 0. The molecule has 0 radical (unpaired) electrons. The van der Waals surface area contributed by atoms with E-state index in [2.05, 4.69) is 24.7 Å². The number of nitrogens with zero attached hydrogens (tertiary/aromatic N) is 1. The average molecular weight is 175 g/mol. The fraction of sp³-hybridized carbons (Fsp3) is 0.300. The lowest BCUT2D eigenvalue weighted by molar-refractivity contribution is 1.07. The van der Waals surface area contributed by atoms with E-state index in [1.165, 1.54) is 5.19 Å². The Balaban J connectivity index is 2.75. The van der Waals surface area contributed by atoms with Gasteiger partial charge in [0.15, 0.2) is 8.80 Å². The van der Waals surface area contributed by atoms with Crippen molar-refractivity contribution in [3.8, 4) is 5.69 Å². The van der Waals surface area contributed by atoms with Crippen LogP contribution in [0.5, 0.6) is 0 Å². The van der Waals surface area contributed by atoms with Gasteiger partial charge in [-0.25, -0.2) is 5.26 Å². The maximum absolute atomic E-state index is 8.92. The molecule has 0 fully saturated rings. The molecule has 62 valence electrons. The number of benzene rings is 1. The summed E-state index contributed by atoms with van der Waals surface area (Å²) in [5, 5.41) is 10.2. The summed E-state index contributed by atoms with van der Waals surface area (Å²) in [7, 11) is -1.27. The topological polar surface area (TPSA) is 23.8 Å². The van der Waals surface area contributed by atoms with Gasteiger partial charge in [0.2, 0.25) is 0 Å². The number of rotatable bonds is 3. The minimum absolute atomic E-state index is 1.10. The van der Waals surface area contributed by atoms with Gasteiger partial charge in [0.1, 0.15) is 0 Å². The van der Waals surface area contributed by atoms with Crippen LogP contribution in [-0.2, 0) is 0 Å². The summed E-state index contributed by atoms with van der Waals surface area (Å²) in [6.07, 6.45) is 1.12. The molecule has 12 heavy (non-hydrogen) atoms. The maximum atomic E-state index is 8.92. The summed E-state index contributed by atoms with van der Waals surface area (Å²) in [5.41, 5.74) is 2.46. The SMILES string of the molecule is CCC[SiH](C#N)c1ccccc1. The lowest BCUT2D eigenvalue weighted by Gasteiger charge is -2.03. The molecule has 0 aliphatic carbocycles. The Morgan fingerprint density at radius 3 is 2.50 bits per heavy atom. The van der Waals surface area contributed by atoms with Crippen molar-refractivity contribution >= 4 is 14.0 Å². The van der Waals surface area contributed by atoms with Crippen LogP contribution in [0.2, 0.25) is 6.04 Å². The molecule has 1 rings (SSSR count). The monoisotopic (exact) mass is 175 g/mol. The number of hydrogen-bond acceptors (Lipinski definition) is 1. The predicted octanol–water partition coefficient (Wildman–Crippen LogP) is 1.59. The van der Waals surface area contributed by atoms with Gasteiger partial charge in [-0.05, 0) is 11.2 Å². The van der Waals surface area contributed by atoms with Crippen LogP contribution in [0.3, 0.4) is 0 Å². The third-order valence-electron chi connectivity index (χ3n) is 1.94. The van der Waals surface area contributed by atoms with E-state index in [1.54, 1.807) is 0 Å². The van der Waals surface area contributed by atoms with E-state index >= 15 is 0 Å². The van der Waals surface area contributed by atoms with Crippen molar-refractivity contribution in [2.45, 2.75) is 19.4 Å². The van der Waals surface area contributed by atoms with E-state index in [1.807, 2.05) is 18.2 Å². The van der Waals surface area contributed by atoms with Crippen molar-refractivity contribution in [1.29, 1.82) is 5.26 Å². The van der Waals surface area contributed by atoms with Gasteiger partial charge < -0.3 is 0 Å². The molecule has 0 aliphatic rings. The van der Waals surface area contributed by atoms with Gasteiger partial charge >= 0.3 is 0 Å². The molecule has 0 saturated carbocycles. The summed E-state index contributed by atoms with van der Waals surface area (Å²) in [6, 6.07) is 11.3. The smallest absolute Gasteiger partial charge is 0.188 e. The van der Waals surface area contributed by atoms with Crippen molar-refractivity contribution < 1.29 is 0 Å². The van der Waals surface area contributed by atoms with Gasteiger partial charge in [-0.2, -0.15) is 0 Å². The summed E-state index contributed by atoms with van der Waals surface area (Å²) < 4.78 is 0. The second-order valence-corrected chi connectivity index (χ2v) is 5.49. The van der Waals surface area contributed by atoms with Crippen LogP contribution in [0.15, 0.2) is 30.3 Å². The molecule has 0 saturated heterocycles. The highest BCUT2D eigenvalue weighted by Gasteiger charge is 2.10. The Morgan fingerprint density at radius 1 is 1.33 bits per heavy atom. The lowest BCUT2D eigenvalue weighted by Crippen LogP contribution is -2.27. The third kappa shape index (κ3) is 2.21. The first-order valence-electron chi connectivity index (χ1n) is 4.33. The molecule has 1 aromatic carbocycles. The zero-order valence-electron chi connectivity index (χ0n) is 7.33. The van der Waals surface area contributed by atoms with Crippen molar-refractivity contribution in [2.75, 3.05) is 0 Å². The van der Waals surface area contributed by atoms with Gasteiger partial charge in [0, 0.05) is 5.69 Å².